The minimum atomic E-state index is -0.472. The summed E-state index contributed by atoms with van der Waals surface area (Å²) in [6.45, 7) is 2.85. The number of rotatable bonds is 7. The number of nitrogens with zero attached hydrogens (tertiary/aromatic N) is 1. The summed E-state index contributed by atoms with van der Waals surface area (Å²) in [6, 6.07) is 5.70. The molecule has 6 nitrogen and oxygen atoms in total. The van der Waals surface area contributed by atoms with Gasteiger partial charge in [-0.05, 0) is 31.4 Å². The van der Waals surface area contributed by atoms with Crippen LogP contribution in [0.3, 0.4) is 0 Å². The molecule has 6 heteroatoms. The van der Waals surface area contributed by atoms with E-state index >= 15 is 0 Å². The number of amides is 1. The van der Waals surface area contributed by atoms with Gasteiger partial charge in [0.05, 0.1) is 17.1 Å². The first-order valence-electron chi connectivity index (χ1n) is 8.28. The first-order valence-corrected chi connectivity index (χ1v) is 8.28. The maximum absolute atomic E-state index is 12.3. The van der Waals surface area contributed by atoms with Gasteiger partial charge in [0.15, 0.2) is 0 Å². The third-order valence-corrected chi connectivity index (χ3v) is 4.19. The molecule has 1 aliphatic carbocycles. The molecule has 1 amide bonds. The van der Waals surface area contributed by atoms with Crippen molar-refractivity contribution in [1.82, 2.24) is 5.32 Å². The molecule has 1 saturated carbocycles. The fourth-order valence-corrected chi connectivity index (χ4v) is 2.83. The van der Waals surface area contributed by atoms with Crippen LogP contribution in [0.25, 0.3) is 0 Å². The van der Waals surface area contributed by atoms with Gasteiger partial charge >= 0.3 is 0 Å². The quantitative estimate of drug-likeness (QED) is 0.474. The number of non-ortho nitro benzene ring substituents is 1. The predicted molar refractivity (Wildman–Crippen MR) is 87.5 cm³/mol. The Morgan fingerprint density at radius 1 is 1.30 bits per heavy atom. The molecule has 1 aromatic rings. The highest BCUT2D eigenvalue weighted by molar-refractivity contribution is 5.94. The molecule has 0 saturated heterocycles. The fraction of sp³-hybridized carbons (Fsp3) is 0.588. The van der Waals surface area contributed by atoms with Gasteiger partial charge in [0, 0.05) is 24.3 Å². The first-order chi connectivity index (χ1) is 11.1. The lowest BCUT2D eigenvalue weighted by atomic mass is 9.92. The zero-order chi connectivity index (χ0) is 16.7. The van der Waals surface area contributed by atoms with Gasteiger partial charge in [-0.3, -0.25) is 14.9 Å². The van der Waals surface area contributed by atoms with Gasteiger partial charge in [-0.1, -0.05) is 26.2 Å². The summed E-state index contributed by atoms with van der Waals surface area (Å²) in [5.41, 5.74) is 0.425. The van der Waals surface area contributed by atoms with Crippen molar-refractivity contribution in [2.45, 2.75) is 57.6 Å². The lowest BCUT2D eigenvalue weighted by Gasteiger charge is -2.32. The van der Waals surface area contributed by atoms with Crippen molar-refractivity contribution in [1.29, 1.82) is 0 Å². The van der Waals surface area contributed by atoms with Crippen molar-refractivity contribution in [3.8, 4) is 0 Å². The van der Waals surface area contributed by atoms with E-state index < -0.39 is 4.92 Å². The van der Waals surface area contributed by atoms with E-state index in [0.29, 0.717) is 5.56 Å². The standard InChI is InChI=1S/C17H24N2O4/c1-2-3-12-23-16-7-5-4-6-15(16)18-17(20)13-8-10-14(11-9-13)19(21)22/h8-11,15-16H,2-7,12H2,1H3,(H,18,20)/t15-,16-/m0/s1. The highest BCUT2D eigenvalue weighted by Gasteiger charge is 2.27. The molecule has 0 unspecified atom stereocenters. The second kappa shape index (κ2) is 8.62. The number of unbranched alkanes of at least 4 members (excludes halogenated alkanes) is 1. The molecule has 0 aliphatic heterocycles. The number of hydrogen-bond acceptors (Lipinski definition) is 4. The number of carbonyl (C=O) groups is 1. The minimum absolute atomic E-state index is 0.0139. The van der Waals surface area contributed by atoms with Crippen LogP contribution >= 0.6 is 0 Å². The van der Waals surface area contributed by atoms with E-state index in [0.717, 1.165) is 45.1 Å². The molecule has 23 heavy (non-hydrogen) atoms. The van der Waals surface area contributed by atoms with Gasteiger partial charge in [-0.2, -0.15) is 0 Å². The molecule has 1 N–H and O–H groups in total. The van der Waals surface area contributed by atoms with Crippen molar-refractivity contribution >= 4 is 11.6 Å². The Morgan fingerprint density at radius 3 is 2.65 bits per heavy atom. The number of hydrogen-bond donors (Lipinski definition) is 1. The Hall–Kier alpha value is -1.95. The summed E-state index contributed by atoms with van der Waals surface area (Å²) in [7, 11) is 0. The average molecular weight is 320 g/mol. The maximum atomic E-state index is 12.3. The molecule has 1 aromatic carbocycles. The van der Waals surface area contributed by atoms with E-state index in [4.69, 9.17) is 4.74 Å². The number of carbonyl (C=O) groups excluding carboxylic acids is 1. The molecule has 0 radical (unpaired) electrons. The van der Waals surface area contributed by atoms with Crippen molar-refractivity contribution in [3.63, 3.8) is 0 Å². The molecule has 0 aromatic heterocycles. The lowest BCUT2D eigenvalue weighted by Crippen LogP contribution is -2.46. The summed E-state index contributed by atoms with van der Waals surface area (Å²) in [5, 5.41) is 13.7. The Balaban J connectivity index is 1.94. The summed E-state index contributed by atoms with van der Waals surface area (Å²) in [6.07, 6.45) is 6.27. The smallest absolute Gasteiger partial charge is 0.269 e. The number of ether oxygens (including phenoxy) is 1. The van der Waals surface area contributed by atoms with Crippen LogP contribution in [0.2, 0.25) is 0 Å². The molecule has 2 rings (SSSR count). The topological polar surface area (TPSA) is 81.5 Å². The van der Waals surface area contributed by atoms with Crippen LogP contribution in [-0.2, 0) is 4.74 Å². The Labute approximate surface area is 136 Å². The molecule has 2 atom stereocenters. The molecule has 0 spiro atoms. The molecular formula is C17H24N2O4. The number of benzene rings is 1. The molecule has 1 fully saturated rings. The SMILES string of the molecule is CCCCO[C@H]1CCCC[C@@H]1NC(=O)c1ccc([N+](=O)[O-])cc1. The van der Waals surface area contributed by atoms with Crippen molar-refractivity contribution in [2.75, 3.05) is 6.61 Å². The van der Waals surface area contributed by atoms with Gasteiger partial charge < -0.3 is 10.1 Å². The molecule has 0 heterocycles. The van der Waals surface area contributed by atoms with E-state index in [2.05, 4.69) is 12.2 Å². The van der Waals surface area contributed by atoms with Gasteiger partial charge in [0.1, 0.15) is 0 Å². The monoisotopic (exact) mass is 320 g/mol. The van der Waals surface area contributed by atoms with Crippen LogP contribution in [0, 0.1) is 10.1 Å². The van der Waals surface area contributed by atoms with Crippen LogP contribution in [0.1, 0.15) is 55.8 Å². The lowest BCUT2D eigenvalue weighted by molar-refractivity contribution is -0.384. The highest BCUT2D eigenvalue weighted by Crippen LogP contribution is 2.22. The van der Waals surface area contributed by atoms with Crippen molar-refractivity contribution in [3.05, 3.63) is 39.9 Å². The number of nitro benzene ring substituents is 1. The second-order valence-electron chi connectivity index (χ2n) is 5.93. The fourth-order valence-electron chi connectivity index (χ4n) is 2.83. The zero-order valence-corrected chi connectivity index (χ0v) is 13.5. The van der Waals surface area contributed by atoms with E-state index in [9.17, 15) is 14.9 Å². The van der Waals surface area contributed by atoms with Crippen molar-refractivity contribution < 1.29 is 14.5 Å². The highest BCUT2D eigenvalue weighted by atomic mass is 16.6. The van der Waals surface area contributed by atoms with Crippen molar-refractivity contribution in [2.24, 2.45) is 0 Å². The first kappa shape index (κ1) is 17.4. The van der Waals surface area contributed by atoms with E-state index in [-0.39, 0.29) is 23.7 Å². The third kappa shape index (κ3) is 5.03. The van der Waals surface area contributed by atoms with Gasteiger partial charge in [0.2, 0.25) is 0 Å². The Bertz CT molecular complexity index is 530. The maximum Gasteiger partial charge on any atom is 0.269 e. The molecular weight excluding hydrogens is 296 g/mol. The predicted octanol–water partition coefficient (Wildman–Crippen LogP) is 3.45. The minimum Gasteiger partial charge on any atom is -0.376 e. The van der Waals surface area contributed by atoms with Crippen LogP contribution in [0.15, 0.2) is 24.3 Å². The normalized spacial score (nSPS) is 20.9. The Morgan fingerprint density at radius 2 is 2.00 bits per heavy atom. The Kier molecular flexibility index (Phi) is 6.52. The largest absolute Gasteiger partial charge is 0.376 e. The average Bonchev–Trinajstić information content (AvgIpc) is 2.56. The zero-order valence-electron chi connectivity index (χ0n) is 13.5. The van der Waals surface area contributed by atoms with Crippen LogP contribution in [0.4, 0.5) is 5.69 Å². The van der Waals surface area contributed by atoms with Gasteiger partial charge in [-0.15, -0.1) is 0 Å². The second-order valence-corrected chi connectivity index (χ2v) is 5.93. The van der Waals surface area contributed by atoms with Gasteiger partial charge in [0.25, 0.3) is 11.6 Å². The third-order valence-electron chi connectivity index (χ3n) is 4.19. The van der Waals surface area contributed by atoms with E-state index in [1.807, 2.05) is 0 Å². The number of nitrogens with one attached hydrogen (secondary N) is 1. The summed E-state index contributed by atoms with van der Waals surface area (Å²) >= 11 is 0. The summed E-state index contributed by atoms with van der Waals surface area (Å²) in [5.74, 6) is -0.198. The van der Waals surface area contributed by atoms with Crippen LogP contribution in [-0.4, -0.2) is 29.6 Å². The summed E-state index contributed by atoms with van der Waals surface area (Å²) in [4.78, 5) is 22.5. The summed E-state index contributed by atoms with van der Waals surface area (Å²) < 4.78 is 5.92. The van der Waals surface area contributed by atoms with Crippen LogP contribution in [0.5, 0.6) is 0 Å². The van der Waals surface area contributed by atoms with Crippen LogP contribution < -0.4 is 5.32 Å². The molecule has 126 valence electrons. The van der Waals surface area contributed by atoms with E-state index in [1.165, 1.54) is 24.3 Å². The van der Waals surface area contributed by atoms with Gasteiger partial charge in [-0.25, -0.2) is 0 Å². The molecule has 1 aliphatic rings. The number of nitro groups is 1. The van der Waals surface area contributed by atoms with E-state index in [1.54, 1.807) is 0 Å². The molecule has 0 bridgehead atoms.